The Morgan fingerprint density at radius 2 is 1.76 bits per heavy atom. The van der Waals surface area contributed by atoms with Crippen molar-refractivity contribution in [1.82, 2.24) is 4.90 Å². The number of hydrogen-bond donors (Lipinski definition) is 1. The van der Waals surface area contributed by atoms with Gasteiger partial charge < -0.3 is 19.2 Å². The van der Waals surface area contributed by atoms with Crippen LogP contribution < -0.4 is 4.74 Å². The Bertz CT molecular complexity index is 1460. The third kappa shape index (κ3) is 5.02. The predicted octanol–water partition coefficient (Wildman–Crippen LogP) is 5.93. The SMILES string of the molecule is Cc1cccc(COc2ccc(/C(O)=C3\C(=O)C(=O)N(Cc4ccco4)[C@@H]3c3ccc(F)cc3)cc2)c1. The van der Waals surface area contributed by atoms with Crippen LogP contribution in [0, 0.1) is 12.7 Å². The Hall–Kier alpha value is -4.65. The lowest BCUT2D eigenvalue weighted by Gasteiger charge is -2.24. The minimum atomic E-state index is -0.914. The number of hydrogen-bond acceptors (Lipinski definition) is 5. The van der Waals surface area contributed by atoms with Crippen LogP contribution in [0.3, 0.4) is 0 Å². The molecule has 0 spiro atoms. The van der Waals surface area contributed by atoms with Crippen molar-refractivity contribution in [2.24, 2.45) is 0 Å². The van der Waals surface area contributed by atoms with E-state index in [0.29, 0.717) is 29.2 Å². The number of ether oxygens (including phenoxy) is 1. The summed E-state index contributed by atoms with van der Waals surface area (Å²) in [6, 6.07) is 22.6. The summed E-state index contributed by atoms with van der Waals surface area (Å²) in [5.41, 5.74) is 2.94. The van der Waals surface area contributed by atoms with Gasteiger partial charge in [0.05, 0.1) is 24.4 Å². The van der Waals surface area contributed by atoms with Crippen LogP contribution in [-0.4, -0.2) is 21.7 Å². The molecular formula is C30H24FNO5. The van der Waals surface area contributed by atoms with Gasteiger partial charge >= 0.3 is 0 Å². The van der Waals surface area contributed by atoms with Gasteiger partial charge in [-0.25, -0.2) is 4.39 Å². The Morgan fingerprint density at radius 1 is 1.00 bits per heavy atom. The van der Waals surface area contributed by atoms with E-state index < -0.39 is 23.5 Å². The molecule has 1 aliphatic heterocycles. The van der Waals surface area contributed by atoms with E-state index in [0.717, 1.165) is 11.1 Å². The first-order valence-corrected chi connectivity index (χ1v) is 11.8. The fourth-order valence-corrected chi connectivity index (χ4v) is 4.44. The van der Waals surface area contributed by atoms with E-state index in [9.17, 15) is 19.1 Å². The number of halogens is 1. The van der Waals surface area contributed by atoms with Crippen LogP contribution in [0.5, 0.6) is 5.75 Å². The standard InChI is InChI=1S/C30H24FNO5/c1-19-4-2-5-20(16-19)18-37-24-13-9-22(10-14-24)28(33)26-27(21-7-11-23(31)12-8-21)32(30(35)29(26)34)17-25-6-3-15-36-25/h2-16,27,33H,17-18H2,1H3/b28-26+/t27-/m1/s1. The molecule has 1 N–H and O–H groups in total. The van der Waals surface area contributed by atoms with E-state index in [-0.39, 0.29) is 17.9 Å². The predicted molar refractivity (Wildman–Crippen MR) is 135 cm³/mol. The van der Waals surface area contributed by atoms with Crippen LogP contribution >= 0.6 is 0 Å². The highest BCUT2D eigenvalue weighted by atomic mass is 19.1. The molecule has 5 rings (SSSR count). The van der Waals surface area contributed by atoms with Gasteiger partial charge in [0.15, 0.2) is 0 Å². The molecule has 186 valence electrons. The molecular weight excluding hydrogens is 473 g/mol. The minimum absolute atomic E-state index is 0.0160. The molecule has 3 aromatic carbocycles. The number of likely N-dealkylation sites (tertiary alicyclic amines) is 1. The summed E-state index contributed by atoms with van der Waals surface area (Å²) in [4.78, 5) is 27.5. The van der Waals surface area contributed by atoms with Crippen molar-refractivity contribution < 1.29 is 28.2 Å². The van der Waals surface area contributed by atoms with Gasteiger partial charge in [0.1, 0.15) is 29.7 Å². The average Bonchev–Trinajstić information content (AvgIpc) is 3.50. The summed E-state index contributed by atoms with van der Waals surface area (Å²) in [5, 5.41) is 11.2. The number of aliphatic hydroxyl groups excluding tert-OH is 1. The van der Waals surface area contributed by atoms with E-state index >= 15 is 0 Å². The lowest BCUT2D eigenvalue weighted by atomic mass is 9.95. The average molecular weight is 498 g/mol. The Morgan fingerprint density at radius 3 is 2.43 bits per heavy atom. The Balaban J connectivity index is 1.46. The molecule has 0 aliphatic carbocycles. The zero-order chi connectivity index (χ0) is 25.9. The van der Waals surface area contributed by atoms with Crippen LogP contribution in [0.4, 0.5) is 4.39 Å². The minimum Gasteiger partial charge on any atom is -0.507 e. The van der Waals surface area contributed by atoms with Crippen molar-refractivity contribution in [3.8, 4) is 5.75 Å². The number of rotatable bonds is 7. The van der Waals surface area contributed by atoms with Gasteiger partial charge in [-0.15, -0.1) is 0 Å². The van der Waals surface area contributed by atoms with Gasteiger partial charge in [0, 0.05) is 5.56 Å². The monoisotopic (exact) mass is 497 g/mol. The summed E-state index contributed by atoms with van der Waals surface area (Å²) in [5.74, 6) is -1.30. The first-order valence-electron chi connectivity index (χ1n) is 11.8. The van der Waals surface area contributed by atoms with E-state index in [1.165, 1.54) is 35.4 Å². The molecule has 1 fully saturated rings. The van der Waals surface area contributed by atoms with Crippen LogP contribution in [0.2, 0.25) is 0 Å². The van der Waals surface area contributed by atoms with Crippen LogP contribution in [0.1, 0.15) is 34.1 Å². The fourth-order valence-electron chi connectivity index (χ4n) is 4.44. The largest absolute Gasteiger partial charge is 0.507 e. The quantitative estimate of drug-likeness (QED) is 0.195. The van der Waals surface area contributed by atoms with Crippen molar-refractivity contribution in [3.63, 3.8) is 0 Å². The maximum atomic E-state index is 13.6. The Labute approximate surface area is 213 Å². The molecule has 0 saturated carbocycles. The van der Waals surface area contributed by atoms with Crippen molar-refractivity contribution >= 4 is 17.4 Å². The molecule has 1 atom stereocenters. The Kier molecular flexibility index (Phi) is 6.60. The van der Waals surface area contributed by atoms with Crippen molar-refractivity contribution in [3.05, 3.63) is 131 Å². The van der Waals surface area contributed by atoms with Crippen LogP contribution in [-0.2, 0) is 22.7 Å². The number of aryl methyl sites for hydroxylation is 1. The van der Waals surface area contributed by atoms with Crippen LogP contribution in [0.25, 0.3) is 5.76 Å². The first-order chi connectivity index (χ1) is 17.9. The fraction of sp³-hybridized carbons (Fsp3) is 0.133. The van der Waals surface area contributed by atoms with Crippen molar-refractivity contribution in [2.75, 3.05) is 0 Å². The zero-order valence-corrected chi connectivity index (χ0v) is 20.1. The lowest BCUT2D eigenvalue weighted by Crippen LogP contribution is -2.29. The summed E-state index contributed by atoms with van der Waals surface area (Å²) < 4.78 is 24.9. The molecule has 1 saturated heterocycles. The van der Waals surface area contributed by atoms with E-state index in [1.54, 1.807) is 36.4 Å². The topological polar surface area (TPSA) is 80.0 Å². The number of amides is 1. The molecule has 4 aromatic rings. The molecule has 1 amide bonds. The second-order valence-corrected chi connectivity index (χ2v) is 8.86. The summed E-state index contributed by atoms with van der Waals surface area (Å²) in [7, 11) is 0. The van der Waals surface area contributed by atoms with Crippen molar-refractivity contribution in [1.29, 1.82) is 0 Å². The van der Waals surface area contributed by atoms with Gasteiger partial charge in [-0.2, -0.15) is 0 Å². The van der Waals surface area contributed by atoms with E-state index in [1.807, 2.05) is 31.2 Å². The molecule has 1 aromatic heterocycles. The number of ketones is 1. The molecule has 0 unspecified atom stereocenters. The highest BCUT2D eigenvalue weighted by molar-refractivity contribution is 6.46. The molecule has 0 radical (unpaired) electrons. The molecule has 37 heavy (non-hydrogen) atoms. The van der Waals surface area contributed by atoms with Gasteiger partial charge in [-0.05, 0) is 66.6 Å². The molecule has 0 bridgehead atoms. The second-order valence-electron chi connectivity index (χ2n) is 8.86. The number of nitrogens with zero attached hydrogens (tertiary/aromatic N) is 1. The number of furan rings is 1. The number of carbonyl (C=O) groups excluding carboxylic acids is 2. The second kappa shape index (κ2) is 10.1. The van der Waals surface area contributed by atoms with Gasteiger partial charge in [0.2, 0.25) is 0 Å². The normalized spacial score (nSPS) is 16.8. The molecule has 7 heteroatoms. The summed E-state index contributed by atoms with van der Waals surface area (Å²) >= 11 is 0. The first kappa shape index (κ1) is 24.1. The van der Waals surface area contributed by atoms with E-state index in [4.69, 9.17) is 9.15 Å². The van der Waals surface area contributed by atoms with Gasteiger partial charge in [-0.3, -0.25) is 9.59 Å². The highest BCUT2D eigenvalue weighted by Gasteiger charge is 2.46. The third-order valence-electron chi connectivity index (χ3n) is 6.25. The number of Topliss-reactive ketones (excluding diaryl/α,β-unsaturated/α-hetero) is 1. The van der Waals surface area contributed by atoms with Gasteiger partial charge in [0.25, 0.3) is 11.7 Å². The smallest absolute Gasteiger partial charge is 0.296 e. The molecule has 6 nitrogen and oxygen atoms in total. The summed E-state index contributed by atoms with van der Waals surface area (Å²) in [6.45, 7) is 2.41. The lowest BCUT2D eigenvalue weighted by molar-refractivity contribution is -0.140. The van der Waals surface area contributed by atoms with Gasteiger partial charge in [-0.1, -0.05) is 42.0 Å². The maximum absolute atomic E-state index is 13.6. The number of aliphatic hydroxyl groups is 1. The number of benzene rings is 3. The molecule has 1 aliphatic rings. The highest BCUT2D eigenvalue weighted by Crippen LogP contribution is 2.40. The summed E-state index contributed by atoms with van der Waals surface area (Å²) in [6.07, 6.45) is 1.47. The van der Waals surface area contributed by atoms with Crippen LogP contribution in [0.15, 0.2) is 101 Å². The molecule has 2 heterocycles. The van der Waals surface area contributed by atoms with E-state index in [2.05, 4.69) is 0 Å². The maximum Gasteiger partial charge on any atom is 0.296 e. The number of carbonyl (C=O) groups is 2. The van der Waals surface area contributed by atoms with Crippen molar-refractivity contribution in [2.45, 2.75) is 26.1 Å². The zero-order valence-electron chi connectivity index (χ0n) is 20.1. The third-order valence-corrected chi connectivity index (χ3v) is 6.25.